The number of benzene rings is 2. The van der Waals surface area contributed by atoms with Crippen molar-refractivity contribution in [1.29, 1.82) is 0 Å². The molecule has 2 heterocycles. The SMILES string of the molecule is O=C(Nc1sc2c(c1C(c1cccc(Cl)c1)N1CCOCC1)CCCC2)c1ccccc1. The predicted octanol–water partition coefficient (Wildman–Crippen LogP) is 5.95. The highest BCUT2D eigenvalue weighted by atomic mass is 35.5. The summed E-state index contributed by atoms with van der Waals surface area (Å²) in [5.74, 6) is -0.0581. The predicted molar refractivity (Wildman–Crippen MR) is 131 cm³/mol. The van der Waals surface area contributed by atoms with Crippen LogP contribution in [-0.4, -0.2) is 37.1 Å². The average molecular weight is 467 g/mol. The minimum Gasteiger partial charge on any atom is -0.379 e. The van der Waals surface area contributed by atoms with Gasteiger partial charge >= 0.3 is 0 Å². The molecule has 4 nitrogen and oxygen atoms in total. The lowest BCUT2D eigenvalue weighted by molar-refractivity contribution is 0.0239. The zero-order chi connectivity index (χ0) is 21.9. The van der Waals surface area contributed by atoms with Crippen molar-refractivity contribution in [1.82, 2.24) is 4.90 Å². The van der Waals surface area contributed by atoms with Gasteiger partial charge in [0, 0.05) is 34.1 Å². The smallest absolute Gasteiger partial charge is 0.256 e. The van der Waals surface area contributed by atoms with E-state index in [-0.39, 0.29) is 11.9 Å². The van der Waals surface area contributed by atoms with Crippen LogP contribution in [0, 0.1) is 0 Å². The second kappa shape index (κ2) is 9.75. The Kier molecular flexibility index (Phi) is 6.60. The van der Waals surface area contributed by atoms with Crippen LogP contribution in [-0.2, 0) is 17.6 Å². The Morgan fingerprint density at radius 3 is 2.59 bits per heavy atom. The van der Waals surface area contributed by atoms with Crippen molar-refractivity contribution in [2.24, 2.45) is 0 Å². The third kappa shape index (κ3) is 4.48. The summed E-state index contributed by atoms with van der Waals surface area (Å²) >= 11 is 8.18. The van der Waals surface area contributed by atoms with E-state index in [1.165, 1.54) is 34.4 Å². The largest absolute Gasteiger partial charge is 0.379 e. The molecule has 5 rings (SSSR count). The number of halogens is 1. The number of amides is 1. The van der Waals surface area contributed by atoms with Gasteiger partial charge in [-0.2, -0.15) is 0 Å². The molecule has 0 saturated carbocycles. The van der Waals surface area contributed by atoms with Crippen molar-refractivity contribution < 1.29 is 9.53 Å². The molecule has 1 N–H and O–H groups in total. The first-order valence-electron chi connectivity index (χ1n) is 11.3. The van der Waals surface area contributed by atoms with Gasteiger partial charge in [0.25, 0.3) is 5.91 Å². The van der Waals surface area contributed by atoms with Gasteiger partial charge < -0.3 is 10.1 Å². The summed E-state index contributed by atoms with van der Waals surface area (Å²) in [6, 6.07) is 17.7. The first kappa shape index (κ1) is 21.7. The zero-order valence-corrected chi connectivity index (χ0v) is 19.6. The van der Waals surface area contributed by atoms with Crippen LogP contribution in [0.25, 0.3) is 0 Å². The average Bonchev–Trinajstić information content (AvgIpc) is 3.18. The lowest BCUT2D eigenvalue weighted by atomic mass is 9.88. The molecular formula is C26H27ClN2O2S. The number of thiophene rings is 1. The molecule has 1 atom stereocenters. The van der Waals surface area contributed by atoms with E-state index in [9.17, 15) is 4.79 Å². The number of nitrogens with one attached hydrogen (secondary N) is 1. The monoisotopic (exact) mass is 466 g/mol. The summed E-state index contributed by atoms with van der Waals surface area (Å²) in [6.45, 7) is 3.14. The standard InChI is InChI=1S/C26H27ClN2O2S/c27-20-10-6-9-19(17-20)24(29-13-15-31-16-14-29)23-21-11-4-5-12-22(21)32-26(23)28-25(30)18-7-2-1-3-8-18/h1-3,6-10,17,24H,4-5,11-16H2,(H,28,30). The van der Waals surface area contributed by atoms with E-state index >= 15 is 0 Å². The van der Waals surface area contributed by atoms with Crippen LogP contribution in [0.3, 0.4) is 0 Å². The molecule has 1 unspecified atom stereocenters. The Morgan fingerprint density at radius 1 is 1.03 bits per heavy atom. The van der Waals surface area contributed by atoms with Crippen LogP contribution in [0.5, 0.6) is 0 Å². The summed E-state index contributed by atoms with van der Waals surface area (Å²) in [7, 11) is 0. The van der Waals surface area contributed by atoms with E-state index in [1.807, 2.05) is 42.5 Å². The van der Waals surface area contributed by atoms with Crippen molar-refractivity contribution in [2.45, 2.75) is 31.7 Å². The van der Waals surface area contributed by atoms with Gasteiger partial charge in [-0.3, -0.25) is 9.69 Å². The van der Waals surface area contributed by atoms with E-state index in [0.29, 0.717) is 5.56 Å². The van der Waals surface area contributed by atoms with Gasteiger partial charge in [0.05, 0.1) is 19.3 Å². The Bertz CT molecular complexity index is 1090. The Labute approximate surface area is 198 Å². The van der Waals surface area contributed by atoms with Gasteiger partial charge in [-0.1, -0.05) is 41.9 Å². The van der Waals surface area contributed by atoms with Crippen LogP contribution in [0.2, 0.25) is 5.02 Å². The molecule has 1 saturated heterocycles. The van der Waals surface area contributed by atoms with Crippen LogP contribution in [0.15, 0.2) is 54.6 Å². The molecule has 0 radical (unpaired) electrons. The van der Waals surface area contributed by atoms with Gasteiger partial charge in [-0.15, -0.1) is 11.3 Å². The van der Waals surface area contributed by atoms with Gasteiger partial charge in [0.2, 0.25) is 0 Å². The van der Waals surface area contributed by atoms with Gasteiger partial charge in [0.1, 0.15) is 5.00 Å². The van der Waals surface area contributed by atoms with Crippen LogP contribution < -0.4 is 5.32 Å². The van der Waals surface area contributed by atoms with E-state index in [1.54, 1.807) is 11.3 Å². The summed E-state index contributed by atoms with van der Waals surface area (Å²) in [6.07, 6.45) is 4.54. The molecule has 3 aromatic rings. The third-order valence-corrected chi connectivity index (χ3v) is 7.78. The fraction of sp³-hybridized carbons (Fsp3) is 0.346. The van der Waals surface area contributed by atoms with Gasteiger partial charge in [0.15, 0.2) is 0 Å². The van der Waals surface area contributed by atoms with Gasteiger partial charge in [-0.05, 0) is 61.1 Å². The minimum atomic E-state index is -0.0581. The Hall–Kier alpha value is -2.18. The molecule has 6 heteroatoms. The number of rotatable bonds is 5. The van der Waals surface area contributed by atoms with Crippen LogP contribution in [0.4, 0.5) is 5.00 Å². The summed E-state index contributed by atoms with van der Waals surface area (Å²) in [5, 5.41) is 4.99. The summed E-state index contributed by atoms with van der Waals surface area (Å²) < 4.78 is 5.66. The molecule has 1 aromatic heterocycles. The number of fused-ring (bicyclic) bond motifs is 1. The van der Waals surface area contributed by atoms with E-state index in [0.717, 1.165) is 49.2 Å². The van der Waals surface area contributed by atoms with E-state index in [4.69, 9.17) is 16.3 Å². The maximum absolute atomic E-state index is 13.1. The number of carbonyl (C=O) groups excluding carboxylic acids is 1. The lowest BCUT2D eigenvalue weighted by Gasteiger charge is -2.36. The first-order valence-corrected chi connectivity index (χ1v) is 12.5. The topological polar surface area (TPSA) is 41.6 Å². The second-order valence-corrected chi connectivity index (χ2v) is 9.92. The third-order valence-electron chi connectivity index (χ3n) is 6.32. The number of anilines is 1. The van der Waals surface area contributed by atoms with Crippen molar-refractivity contribution in [3.63, 3.8) is 0 Å². The number of ether oxygens (including phenoxy) is 1. The summed E-state index contributed by atoms with van der Waals surface area (Å²) in [5.41, 5.74) is 4.51. The molecule has 1 aliphatic heterocycles. The molecular weight excluding hydrogens is 440 g/mol. The molecule has 166 valence electrons. The highest BCUT2D eigenvalue weighted by molar-refractivity contribution is 7.16. The lowest BCUT2D eigenvalue weighted by Crippen LogP contribution is -2.40. The number of hydrogen-bond acceptors (Lipinski definition) is 4. The molecule has 0 bridgehead atoms. The highest BCUT2D eigenvalue weighted by Gasteiger charge is 2.33. The number of carbonyl (C=O) groups is 1. The number of hydrogen-bond donors (Lipinski definition) is 1. The van der Waals surface area contributed by atoms with Crippen LogP contribution in [0.1, 0.15) is 50.8 Å². The van der Waals surface area contributed by atoms with E-state index < -0.39 is 0 Å². The first-order chi connectivity index (χ1) is 15.7. The maximum Gasteiger partial charge on any atom is 0.256 e. The molecule has 32 heavy (non-hydrogen) atoms. The number of aryl methyl sites for hydroxylation is 1. The quantitative estimate of drug-likeness (QED) is 0.504. The van der Waals surface area contributed by atoms with Crippen molar-refractivity contribution in [3.8, 4) is 0 Å². The van der Waals surface area contributed by atoms with Crippen molar-refractivity contribution >= 4 is 33.8 Å². The van der Waals surface area contributed by atoms with Crippen molar-refractivity contribution in [2.75, 3.05) is 31.6 Å². The molecule has 1 aliphatic carbocycles. The maximum atomic E-state index is 13.1. The van der Waals surface area contributed by atoms with Crippen molar-refractivity contribution in [3.05, 3.63) is 86.8 Å². The molecule has 1 amide bonds. The highest BCUT2D eigenvalue weighted by Crippen LogP contribution is 2.46. The van der Waals surface area contributed by atoms with Gasteiger partial charge in [-0.25, -0.2) is 0 Å². The summed E-state index contributed by atoms with van der Waals surface area (Å²) in [4.78, 5) is 17.0. The minimum absolute atomic E-state index is 0.0433. The second-order valence-electron chi connectivity index (χ2n) is 8.38. The fourth-order valence-corrected chi connectivity index (χ4v) is 6.32. The normalized spacial score (nSPS) is 17.5. The fourth-order valence-electron chi connectivity index (χ4n) is 4.81. The van der Waals surface area contributed by atoms with E-state index in [2.05, 4.69) is 22.3 Å². The molecule has 2 aromatic carbocycles. The molecule has 0 spiro atoms. The number of nitrogens with zero attached hydrogens (tertiary/aromatic N) is 1. The van der Waals surface area contributed by atoms with Crippen LogP contribution >= 0.6 is 22.9 Å². The Balaban J connectivity index is 1.61. The molecule has 2 aliphatic rings. The Morgan fingerprint density at radius 2 is 1.81 bits per heavy atom. The number of morpholine rings is 1. The molecule has 1 fully saturated rings. The zero-order valence-electron chi connectivity index (χ0n) is 18.0.